The number of halogens is 1. The first-order chi connectivity index (χ1) is 7.69. The lowest BCUT2D eigenvalue weighted by molar-refractivity contribution is -0.116. The van der Waals surface area contributed by atoms with Crippen LogP contribution in [0.4, 0.5) is 0 Å². The van der Waals surface area contributed by atoms with Crippen LogP contribution in [0.3, 0.4) is 0 Å². The van der Waals surface area contributed by atoms with Crippen LogP contribution in [0, 0.1) is 0 Å². The van der Waals surface area contributed by atoms with E-state index < -0.39 is 16.7 Å². The van der Waals surface area contributed by atoms with Crippen molar-refractivity contribution in [2.75, 3.05) is 7.05 Å². The van der Waals surface area contributed by atoms with E-state index in [1.807, 2.05) is 30.3 Å². The molecule has 1 N–H and O–H groups in total. The first kappa shape index (κ1) is 12.9. The van der Waals surface area contributed by atoms with Gasteiger partial charge in [0.15, 0.2) is 0 Å². The van der Waals surface area contributed by atoms with Crippen LogP contribution in [0.25, 0.3) is 0 Å². The lowest BCUT2D eigenvalue weighted by atomic mass is 10.2. The molecule has 1 aromatic carbocycles. The number of hydrogen-bond acceptors (Lipinski definition) is 2. The third-order valence-electron chi connectivity index (χ3n) is 1.94. The molecule has 0 saturated heterocycles. The molecule has 0 aliphatic carbocycles. The largest absolute Gasteiger partial charge is 0.355 e. The van der Waals surface area contributed by atoms with Crippen LogP contribution in [-0.4, -0.2) is 17.2 Å². The van der Waals surface area contributed by atoms with Gasteiger partial charge in [-0.15, -0.1) is 0 Å². The fourth-order valence-electron chi connectivity index (χ4n) is 1.13. The summed E-state index contributed by atoms with van der Waals surface area (Å²) >= 11 is 5.49. The van der Waals surface area contributed by atoms with E-state index in [0.29, 0.717) is 0 Å². The quantitative estimate of drug-likeness (QED) is 0.836. The maximum Gasteiger partial charge on any atom is 0.260 e. The van der Waals surface area contributed by atoms with Crippen LogP contribution in [0.15, 0.2) is 40.8 Å². The standard InChI is InChI=1S/C11H12ClNO2S/c1-13-11(14)10(7-12)16(15)8-9-5-3-2-4-6-9/h2-7H,8H2,1H3,(H,13,14)/b10-7-. The summed E-state index contributed by atoms with van der Waals surface area (Å²) in [5.74, 6) is -0.128. The molecule has 86 valence electrons. The molecule has 16 heavy (non-hydrogen) atoms. The summed E-state index contributed by atoms with van der Waals surface area (Å²) in [5, 5.41) is 2.40. The number of benzene rings is 1. The van der Waals surface area contributed by atoms with Gasteiger partial charge in [-0.1, -0.05) is 41.9 Å². The predicted octanol–water partition coefficient (Wildman–Crippen LogP) is 1.76. The van der Waals surface area contributed by atoms with Crippen molar-refractivity contribution in [3.63, 3.8) is 0 Å². The van der Waals surface area contributed by atoms with Gasteiger partial charge in [-0.25, -0.2) is 0 Å². The Morgan fingerprint density at radius 2 is 2.06 bits per heavy atom. The van der Waals surface area contributed by atoms with Gasteiger partial charge in [-0.3, -0.25) is 9.00 Å². The molecule has 0 radical (unpaired) electrons. The number of likely N-dealkylation sites (N-methyl/N-ethyl adjacent to an activating group) is 1. The second-order valence-corrected chi connectivity index (χ2v) is 4.67. The highest BCUT2D eigenvalue weighted by molar-refractivity contribution is 7.89. The van der Waals surface area contributed by atoms with E-state index in [2.05, 4.69) is 5.32 Å². The van der Waals surface area contributed by atoms with E-state index in [-0.39, 0.29) is 10.7 Å². The van der Waals surface area contributed by atoms with Gasteiger partial charge >= 0.3 is 0 Å². The lowest BCUT2D eigenvalue weighted by Gasteiger charge is -2.04. The summed E-state index contributed by atoms with van der Waals surface area (Å²) in [5.41, 5.74) is 1.97. The smallest absolute Gasteiger partial charge is 0.260 e. The van der Waals surface area contributed by atoms with Crippen molar-refractivity contribution in [2.45, 2.75) is 5.75 Å². The van der Waals surface area contributed by atoms with Gasteiger partial charge in [0.05, 0.1) is 16.6 Å². The molecule has 0 spiro atoms. The molecule has 3 nitrogen and oxygen atoms in total. The maximum atomic E-state index is 11.8. The molecule has 5 heteroatoms. The zero-order valence-corrected chi connectivity index (χ0v) is 10.3. The molecule has 1 atom stereocenters. The van der Waals surface area contributed by atoms with Crippen LogP contribution >= 0.6 is 11.6 Å². The Bertz CT molecular complexity index is 417. The van der Waals surface area contributed by atoms with E-state index in [9.17, 15) is 9.00 Å². The third-order valence-corrected chi connectivity index (χ3v) is 3.67. The summed E-state index contributed by atoms with van der Waals surface area (Å²) in [4.78, 5) is 11.4. The molecule has 0 aliphatic rings. The number of carbonyl (C=O) groups is 1. The van der Waals surface area contributed by atoms with Crippen LogP contribution in [0.1, 0.15) is 5.56 Å². The highest BCUT2D eigenvalue weighted by atomic mass is 35.5. The Kier molecular flexibility index (Phi) is 5.22. The minimum absolute atomic E-state index is 0.0908. The van der Waals surface area contributed by atoms with Gasteiger partial charge in [0.2, 0.25) is 0 Å². The number of carbonyl (C=O) groups excluding carboxylic acids is 1. The predicted molar refractivity (Wildman–Crippen MR) is 66.3 cm³/mol. The molecule has 0 fully saturated rings. The van der Waals surface area contributed by atoms with Crippen molar-refractivity contribution in [2.24, 2.45) is 0 Å². The van der Waals surface area contributed by atoms with Crippen molar-refractivity contribution in [3.05, 3.63) is 46.3 Å². The highest BCUT2D eigenvalue weighted by Gasteiger charge is 2.15. The molecule has 1 rings (SSSR count). The van der Waals surface area contributed by atoms with Crippen LogP contribution in [0.5, 0.6) is 0 Å². The number of nitrogens with one attached hydrogen (secondary N) is 1. The molecule has 0 aromatic heterocycles. The van der Waals surface area contributed by atoms with Crippen molar-refractivity contribution >= 4 is 28.3 Å². The van der Waals surface area contributed by atoms with E-state index in [1.165, 1.54) is 7.05 Å². The van der Waals surface area contributed by atoms with Gasteiger partial charge in [0.25, 0.3) is 5.91 Å². The highest BCUT2D eigenvalue weighted by Crippen LogP contribution is 2.11. The molecule has 0 saturated carbocycles. The Balaban J connectivity index is 2.76. The topological polar surface area (TPSA) is 46.2 Å². The summed E-state index contributed by atoms with van der Waals surface area (Å²) in [6.07, 6.45) is 0. The fraction of sp³-hybridized carbons (Fsp3) is 0.182. The van der Waals surface area contributed by atoms with E-state index in [4.69, 9.17) is 11.6 Å². The van der Waals surface area contributed by atoms with Gasteiger partial charge < -0.3 is 5.32 Å². The van der Waals surface area contributed by atoms with Crippen molar-refractivity contribution in [1.82, 2.24) is 5.32 Å². The van der Waals surface area contributed by atoms with Crippen LogP contribution in [-0.2, 0) is 21.3 Å². The molecule has 0 bridgehead atoms. The normalized spacial score (nSPS) is 13.2. The van der Waals surface area contributed by atoms with Crippen molar-refractivity contribution < 1.29 is 9.00 Å². The molecule has 1 aromatic rings. The molecular formula is C11H12ClNO2S. The second-order valence-electron chi connectivity index (χ2n) is 3.03. The molecule has 0 aliphatic heterocycles. The van der Waals surface area contributed by atoms with Gasteiger partial charge in [0, 0.05) is 12.6 Å². The van der Waals surface area contributed by atoms with Gasteiger partial charge in [-0.05, 0) is 5.56 Å². The number of rotatable bonds is 4. The first-order valence-electron chi connectivity index (χ1n) is 4.63. The van der Waals surface area contributed by atoms with Gasteiger partial charge in [0.1, 0.15) is 4.91 Å². The Morgan fingerprint density at radius 3 is 2.56 bits per heavy atom. The summed E-state index contributed by atoms with van der Waals surface area (Å²) in [6, 6.07) is 9.30. The Morgan fingerprint density at radius 1 is 1.44 bits per heavy atom. The SMILES string of the molecule is CNC(=O)/C(=C/Cl)S(=O)Cc1ccccc1. The first-order valence-corrected chi connectivity index (χ1v) is 6.39. The minimum atomic E-state index is -1.42. The average Bonchev–Trinajstić information content (AvgIpc) is 2.31. The Labute approximate surface area is 102 Å². The van der Waals surface area contributed by atoms with Crippen molar-refractivity contribution in [1.29, 1.82) is 0 Å². The lowest BCUT2D eigenvalue weighted by Crippen LogP contribution is -2.22. The molecule has 1 unspecified atom stereocenters. The molecule has 1 amide bonds. The third kappa shape index (κ3) is 3.47. The molecular weight excluding hydrogens is 246 g/mol. The summed E-state index contributed by atoms with van der Waals surface area (Å²) in [6.45, 7) is 0. The zero-order chi connectivity index (χ0) is 12.0. The second kappa shape index (κ2) is 6.45. The van der Waals surface area contributed by atoms with Crippen LogP contribution < -0.4 is 5.32 Å². The summed E-state index contributed by atoms with van der Waals surface area (Å²) in [7, 11) is 0.0530. The number of hydrogen-bond donors (Lipinski definition) is 1. The van der Waals surface area contributed by atoms with Crippen LogP contribution in [0.2, 0.25) is 0 Å². The fourth-order valence-corrected chi connectivity index (χ4v) is 2.59. The monoisotopic (exact) mass is 257 g/mol. The van der Waals surface area contributed by atoms with E-state index in [0.717, 1.165) is 11.1 Å². The molecule has 0 heterocycles. The van der Waals surface area contributed by atoms with E-state index in [1.54, 1.807) is 0 Å². The Hall–Kier alpha value is -1.13. The van der Waals surface area contributed by atoms with E-state index >= 15 is 0 Å². The van der Waals surface area contributed by atoms with Crippen molar-refractivity contribution in [3.8, 4) is 0 Å². The zero-order valence-electron chi connectivity index (χ0n) is 8.77. The average molecular weight is 258 g/mol. The minimum Gasteiger partial charge on any atom is -0.355 e. The maximum absolute atomic E-state index is 11.8. The number of amides is 1. The summed E-state index contributed by atoms with van der Waals surface area (Å²) < 4.78 is 11.8. The van der Waals surface area contributed by atoms with Gasteiger partial charge in [-0.2, -0.15) is 0 Å².